The minimum absolute atomic E-state index is 0.176. The number of nitrogens with zero attached hydrogens (tertiary/aromatic N) is 2. The number of pyridine rings is 1. The largest absolute Gasteiger partial charge is 0.394 e. The molecule has 23 heavy (non-hydrogen) atoms. The van der Waals surface area contributed by atoms with E-state index in [1.165, 1.54) is 0 Å². The zero-order chi connectivity index (χ0) is 16.6. The molecule has 0 saturated carbocycles. The lowest BCUT2D eigenvalue weighted by Gasteiger charge is -2.11. The van der Waals surface area contributed by atoms with E-state index in [1.54, 1.807) is 22.9 Å². The Hall–Kier alpha value is -2.53. The second kappa shape index (κ2) is 5.93. The Morgan fingerprint density at radius 2 is 2.04 bits per heavy atom. The van der Waals surface area contributed by atoms with Crippen molar-refractivity contribution in [3.63, 3.8) is 0 Å². The Morgan fingerprint density at radius 3 is 2.70 bits per heavy atom. The van der Waals surface area contributed by atoms with Crippen LogP contribution >= 0.6 is 11.6 Å². The third kappa shape index (κ3) is 2.87. The van der Waals surface area contributed by atoms with Crippen molar-refractivity contribution >= 4 is 17.3 Å². The van der Waals surface area contributed by atoms with Crippen molar-refractivity contribution in [2.24, 2.45) is 0 Å². The molecule has 0 saturated heterocycles. The molecule has 5 nitrogen and oxygen atoms in total. The van der Waals surface area contributed by atoms with Gasteiger partial charge in [-0.15, -0.1) is 0 Å². The second-order valence-electron chi connectivity index (χ2n) is 5.41. The third-order valence-corrected chi connectivity index (χ3v) is 4.10. The van der Waals surface area contributed by atoms with Crippen molar-refractivity contribution in [3.8, 4) is 11.1 Å². The molecule has 6 heteroatoms. The molecule has 0 amide bonds. The summed E-state index contributed by atoms with van der Waals surface area (Å²) in [6.45, 7) is 4.03. The zero-order valence-electron chi connectivity index (χ0n) is 12.8. The van der Waals surface area contributed by atoms with Crippen molar-refractivity contribution in [1.82, 2.24) is 9.72 Å². The molecular formula is C17H16ClN3O2. The van der Waals surface area contributed by atoms with Crippen molar-refractivity contribution in [1.29, 1.82) is 0 Å². The molecule has 3 rings (SSSR count). The Balaban J connectivity index is 2.12. The number of nitrogens with two attached hydrogens (primary N) is 1. The molecule has 0 bridgehead atoms. The van der Waals surface area contributed by atoms with Gasteiger partial charge in [-0.3, -0.25) is 4.79 Å². The average Bonchev–Trinajstić information content (AvgIpc) is 2.85. The van der Waals surface area contributed by atoms with Gasteiger partial charge in [0.25, 0.3) is 5.56 Å². The molecule has 0 aliphatic rings. The molecule has 0 atom stereocenters. The van der Waals surface area contributed by atoms with E-state index in [1.807, 2.05) is 32.0 Å². The molecular weight excluding hydrogens is 314 g/mol. The number of aromatic nitrogens is 2. The van der Waals surface area contributed by atoms with Gasteiger partial charge < -0.3 is 14.8 Å². The van der Waals surface area contributed by atoms with E-state index < -0.39 is 0 Å². The van der Waals surface area contributed by atoms with Gasteiger partial charge in [-0.05, 0) is 31.5 Å². The van der Waals surface area contributed by atoms with E-state index in [0.29, 0.717) is 17.3 Å². The summed E-state index contributed by atoms with van der Waals surface area (Å²) in [5, 5.41) is 4.56. The summed E-state index contributed by atoms with van der Waals surface area (Å²) < 4.78 is 6.75. The van der Waals surface area contributed by atoms with Gasteiger partial charge in [0.2, 0.25) is 0 Å². The first kappa shape index (κ1) is 15.4. The Labute approximate surface area is 138 Å². The second-order valence-corrected chi connectivity index (χ2v) is 5.81. The van der Waals surface area contributed by atoms with Crippen LogP contribution < -0.4 is 11.3 Å². The number of rotatable bonds is 3. The summed E-state index contributed by atoms with van der Waals surface area (Å²) in [7, 11) is 0. The van der Waals surface area contributed by atoms with Crippen LogP contribution in [0.2, 0.25) is 5.02 Å². The van der Waals surface area contributed by atoms with Crippen LogP contribution in [0.4, 0.5) is 5.69 Å². The predicted octanol–water partition coefficient (Wildman–Crippen LogP) is 3.40. The molecule has 0 radical (unpaired) electrons. The highest BCUT2D eigenvalue weighted by atomic mass is 35.5. The van der Waals surface area contributed by atoms with Gasteiger partial charge in [-0.25, -0.2) is 0 Å². The van der Waals surface area contributed by atoms with E-state index in [0.717, 1.165) is 22.4 Å². The lowest BCUT2D eigenvalue weighted by atomic mass is 10.1. The monoisotopic (exact) mass is 329 g/mol. The van der Waals surface area contributed by atoms with Crippen LogP contribution in [0.1, 0.15) is 17.0 Å². The highest BCUT2D eigenvalue weighted by Crippen LogP contribution is 2.27. The Morgan fingerprint density at radius 1 is 1.30 bits per heavy atom. The van der Waals surface area contributed by atoms with Gasteiger partial charge in [-0.1, -0.05) is 35.0 Å². The molecule has 118 valence electrons. The van der Waals surface area contributed by atoms with Gasteiger partial charge in [0.15, 0.2) is 0 Å². The molecule has 1 aromatic carbocycles. The van der Waals surface area contributed by atoms with Crippen LogP contribution in [0, 0.1) is 13.8 Å². The first-order chi connectivity index (χ1) is 11.0. The number of hydrogen-bond donors (Lipinski definition) is 1. The quantitative estimate of drug-likeness (QED) is 0.799. The van der Waals surface area contributed by atoms with E-state index in [2.05, 4.69) is 5.16 Å². The van der Waals surface area contributed by atoms with Crippen LogP contribution in [-0.2, 0) is 6.54 Å². The maximum atomic E-state index is 12.3. The van der Waals surface area contributed by atoms with Crippen LogP contribution in [0.3, 0.4) is 0 Å². The molecule has 0 aliphatic heterocycles. The number of nitrogen functional groups attached to an aromatic ring is 1. The van der Waals surface area contributed by atoms with Crippen LogP contribution in [0.25, 0.3) is 11.1 Å². The topological polar surface area (TPSA) is 74.1 Å². The van der Waals surface area contributed by atoms with E-state index in [4.69, 9.17) is 21.9 Å². The van der Waals surface area contributed by atoms with E-state index >= 15 is 0 Å². The highest BCUT2D eigenvalue weighted by Gasteiger charge is 2.15. The zero-order valence-corrected chi connectivity index (χ0v) is 13.6. The highest BCUT2D eigenvalue weighted by molar-refractivity contribution is 6.31. The fourth-order valence-electron chi connectivity index (χ4n) is 2.62. The maximum absolute atomic E-state index is 12.3. The van der Waals surface area contributed by atoms with Crippen molar-refractivity contribution in [2.75, 3.05) is 5.73 Å². The van der Waals surface area contributed by atoms with Gasteiger partial charge in [0.05, 0.1) is 17.9 Å². The lowest BCUT2D eigenvalue weighted by Crippen LogP contribution is -2.23. The molecule has 0 spiro atoms. The minimum atomic E-state index is -0.250. The average molecular weight is 330 g/mol. The van der Waals surface area contributed by atoms with Crippen LogP contribution in [-0.4, -0.2) is 9.72 Å². The SMILES string of the molecule is Cc1noc(C)c1-c1cc(N)c(=O)n(Cc2ccccc2Cl)c1. The van der Waals surface area contributed by atoms with Gasteiger partial charge in [0, 0.05) is 22.3 Å². The van der Waals surface area contributed by atoms with E-state index in [-0.39, 0.29) is 11.2 Å². The fourth-order valence-corrected chi connectivity index (χ4v) is 2.81. The first-order valence-corrected chi connectivity index (χ1v) is 7.52. The van der Waals surface area contributed by atoms with Crippen LogP contribution in [0.15, 0.2) is 45.8 Å². The molecule has 3 aromatic rings. The van der Waals surface area contributed by atoms with Gasteiger partial charge in [0.1, 0.15) is 5.76 Å². The summed E-state index contributed by atoms with van der Waals surface area (Å²) >= 11 is 6.18. The summed E-state index contributed by atoms with van der Waals surface area (Å²) in [4.78, 5) is 12.3. The van der Waals surface area contributed by atoms with Gasteiger partial charge >= 0.3 is 0 Å². The first-order valence-electron chi connectivity index (χ1n) is 7.14. The third-order valence-electron chi connectivity index (χ3n) is 3.73. The Bertz CT molecular complexity index is 908. The maximum Gasteiger partial charge on any atom is 0.274 e. The number of anilines is 1. The summed E-state index contributed by atoms with van der Waals surface area (Å²) in [5.74, 6) is 0.685. The molecule has 2 heterocycles. The molecule has 2 aromatic heterocycles. The Kier molecular flexibility index (Phi) is 3.96. The standard InChI is InChI=1S/C17H16ClN3O2/c1-10-16(11(2)23-20-10)13-7-15(19)17(22)21(9-13)8-12-5-3-4-6-14(12)18/h3-7,9H,8,19H2,1-2H3. The predicted molar refractivity (Wildman–Crippen MR) is 90.6 cm³/mol. The number of benzene rings is 1. The molecule has 0 fully saturated rings. The number of halogens is 1. The van der Waals surface area contributed by atoms with Crippen molar-refractivity contribution in [3.05, 3.63) is 68.9 Å². The molecule has 0 aliphatic carbocycles. The fraction of sp³-hybridized carbons (Fsp3) is 0.176. The number of hydrogen-bond acceptors (Lipinski definition) is 4. The summed E-state index contributed by atoms with van der Waals surface area (Å²) in [6.07, 6.45) is 1.76. The molecule has 2 N–H and O–H groups in total. The normalized spacial score (nSPS) is 10.9. The summed E-state index contributed by atoms with van der Waals surface area (Å²) in [6, 6.07) is 9.06. The minimum Gasteiger partial charge on any atom is -0.394 e. The van der Waals surface area contributed by atoms with Crippen molar-refractivity contribution in [2.45, 2.75) is 20.4 Å². The molecule has 0 unspecified atom stereocenters. The van der Waals surface area contributed by atoms with E-state index in [9.17, 15) is 4.79 Å². The van der Waals surface area contributed by atoms with Gasteiger partial charge in [-0.2, -0.15) is 0 Å². The summed E-state index contributed by atoms with van der Waals surface area (Å²) in [5.41, 5.74) is 9.08. The van der Waals surface area contributed by atoms with Crippen LogP contribution in [0.5, 0.6) is 0 Å². The smallest absolute Gasteiger partial charge is 0.274 e. The van der Waals surface area contributed by atoms with Crippen molar-refractivity contribution < 1.29 is 4.52 Å². The number of aryl methyl sites for hydroxylation is 2. The lowest BCUT2D eigenvalue weighted by molar-refractivity contribution is 0.393.